The highest BCUT2D eigenvalue weighted by molar-refractivity contribution is 6.03. The van der Waals surface area contributed by atoms with Crippen LogP contribution in [0.2, 0.25) is 0 Å². The number of aromatic nitrogens is 1. The van der Waals surface area contributed by atoms with Gasteiger partial charge in [-0.1, -0.05) is 18.2 Å². The van der Waals surface area contributed by atoms with Crippen LogP contribution in [0.15, 0.2) is 30.3 Å². The molecule has 2 bridgehead atoms. The van der Waals surface area contributed by atoms with Crippen molar-refractivity contribution in [2.45, 2.75) is 43.9 Å². The highest BCUT2D eigenvalue weighted by Gasteiger charge is 2.40. The number of benzene rings is 1. The first-order valence-electron chi connectivity index (χ1n) is 8.52. The van der Waals surface area contributed by atoms with E-state index in [2.05, 4.69) is 16.9 Å². The van der Waals surface area contributed by atoms with E-state index >= 15 is 0 Å². The minimum atomic E-state index is -0.277. The third-order valence-electron chi connectivity index (χ3n) is 5.45. The zero-order chi connectivity index (χ0) is 16.7. The van der Waals surface area contributed by atoms with Crippen molar-refractivity contribution in [3.63, 3.8) is 0 Å². The molecule has 0 spiro atoms. The van der Waals surface area contributed by atoms with Gasteiger partial charge in [0, 0.05) is 36.4 Å². The quantitative estimate of drug-likeness (QED) is 0.812. The fraction of sp³-hybridized carbons (Fsp3) is 0.474. The Morgan fingerprint density at radius 3 is 2.62 bits per heavy atom. The van der Waals surface area contributed by atoms with Gasteiger partial charge in [-0.15, -0.1) is 0 Å². The molecule has 0 aliphatic carbocycles. The third-order valence-corrected chi connectivity index (χ3v) is 5.45. The molecular formula is C19H22N2O3. The fourth-order valence-corrected chi connectivity index (χ4v) is 4.10. The molecule has 0 saturated carbocycles. The molecule has 0 radical (unpaired) electrons. The van der Waals surface area contributed by atoms with Crippen LogP contribution >= 0.6 is 0 Å². The largest absolute Gasteiger partial charge is 0.481 e. The Labute approximate surface area is 141 Å². The maximum absolute atomic E-state index is 12.8. The van der Waals surface area contributed by atoms with Crippen molar-refractivity contribution in [1.29, 1.82) is 0 Å². The van der Waals surface area contributed by atoms with Gasteiger partial charge in [0.2, 0.25) is 5.88 Å². The number of hydrogen-bond acceptors (Lipinski definition) is 5. The van der Waals surface area contributed by atoms with Gasteiger partial charge in [-0.25, -0.2) is 9.78 Å². The summed E-state index contributed by atoms with van der Waals surface area (Å²) >= 11 is 0. The Morgan fingerprint density at radius 2 is 1.92 bits per heavy atom. The van der Waals surface area contributed by atoms with Gasteiger partial charge in [0.1, 0.15) is 6.10 Å². The second-order valence-electron chi connectivity index (χ2n) is 6.78. The number of fused-ring (bicyclic) bond motifs is 3. The number of carbonyl (C=O) groups is 1. The summed E-state index contributed by atoms with van der Waals surface area (Å²) in [5.74, 6) is 0.157. The average molecular weight is 326 g/mol. The second kappa shape index (κ2) is 6.06. The summed E-state index contributed by atoms with van der Waals surface area (Å²) in [6, 6.07) is 10.4. The Balaban J connectivity index is 1.59. The zero-order valence-corrected chi connectivity index (χ0v) is 14.1. The molecule has 2 saturated heterocycles. The molecule has 0 N–H and O–H groups in total. The summed E-state index contributed by atoms with van der Waals surface area (Å²) in [5, 5.41) is 0.805. The van der Waals surface area contributed by atoms with Crippen molar-refractivity contribution in [3.05, 3.63) is 35.9 Å². The molecule has 5 heteroatoms. The minimum Gasteiger partial charge on any atom is -0.481 e. The van der Waals surface area contributed by atoms with Crippen LogP contribution in [0.4, 0.5) is 0 Å². The van der Waals surface area contributed by atoms with E-state index in [4.69, 9.17) is 9.47 Å². The zero-order valence-electron chi connectivity index (χ0n) is 14.1. The normalized spacial score (nSPS) is 26.5. The molecule has 5 nitrogen and oxygen atoms in total. The molecule has 3 heterocycles. The van der Waals surface area contributed by atoms with Crippen LogP contribution in [0.3, 0.4) is 0 Å². The Morgan fingerprint density at radius 1 is 1.21 bits per heavy atom. The molecule has 1 unspecified atom stereocenters. The Hall–Kier alpha value is -2.14. The van der Waals surface area contributed by atoms with Crippen LogP contribution in [0.5, 0.6) is 5.88 Å². The van der Waals surface area contributed by atoms with E-state index in [1.165, 1.54) is 12.8 Å². The maximum atomic E-state index is 12.8. The van der Waals surface area contributed by atoms with Crippen LogP contribution in [0.1, 0.15) is 36.0 Å². The first-order chi connectivity index (χ1) is 11.7. The van der Waals surface area contributed by atoms with E-state index in [-0.39, 0.29) is 12.1 Å². The van der Waals surface area contributed by atoms with Gasteiger partial charge < -0.3 is 14.4 Å². The van der Waals surface area contributed by atoms with Gasteiger partial charge in [0.15, 0.2) is 0 Å². The van der Waals surface area contributed by atoms with Crippen molar-refractivity contribution < 1.29 is 14.3 Å². The number of pyridine rings is 1. The summed E-state index contributed by atoms with van der Waals surface area (Å²) in [5.41, 5.74) is 1.27. The highest BCUT2D eigenvalue weighted by atomic mass is 16.5. The predicted molar refractivity (Wildman–Crippen MR) is 91.3 cm³/mol. The summed E-state index contributed by atoms with van der Waals surface area (Å²) in [4.78, 5) is 19.6. The molecule has 24 heavy (non-hydrogen) atoms. The van der Waals surface area contributed by atoms with E-state index < -0.39 is 0 Å². The molecular weight excluding hydrogens is 304 g/mol. The summed E-state index contributed by atoms with van der Waals surface area (Å²) in [6.45, 7) is 0. The molecule has 2 fully saturated rings. The smallest absolute Gasteiger partial charge is 0.339 e. The topological polar surface area (TPSA) is 51.7 Å². The number of nitrogens with zero attached hydrogens (tertiary/aromatic N) is 2. The number of ether oxygens (including phenoxy) is 2. The van der Waals surface area contributed by atoms with E-state index in [1.54, 1.807) is 13.2 Å². The third kappa shape index (κ3) is 2.63. The summed E-state index contributed by atoms with van der Waals surface area (Å²) in [7, 11) is 3.74. The van der Waals surface area contributed by atoms with Gasteiger partial charge in [-0.05, 0) is 26.0 Å². The molecule has 2 aromatic rings. The number of piperidine rings is 1. The lowest BCUT2D eigenvalue weighted by atomic mass is 10.0. The number of hydrogen-bond donors (Lipinski definition) is 0. The Bertz CT molecular complexity index is 762. The molecule has 4 rings (SSSR count). The lowest BCUT2D eigenvalue weighted by Crippen LogP contribution is -2.43. The predicted octanol–water partition coefficient (Wildman–Crippen LogP) is 3.03. The SMILES string of the molecule is COc1cc(C(=O)OC2C[C@H]3CC[C@@H](C2)N3C)c2ccccc2n1. The summed E-state index contributed by atoms with van der Waals surface area (Å²) in [6.07, 6.45) is 4.28. The van der Waals surface area contributed by atoms with E-state index in [9.17, 15) is 4.79 Å². The van der Waals surface area contributed by atoms with Crippen LogP contribution in [-0.4, -0.2) is 48.2 Å². The molecule has 1 aromatic carbocycles. The fourth-order valence-electron chi connectivity index (χ4n) is 4.10. The minimum absolute atomic E-state index is 0.00382. The van der Waals surface area contributed by atoms with Crippen LogP contribution in [-0.2, 0) is 4.74 Å². The molecule has 3 atom stereocenters. The van der Waals surface area contributed by atoms with Gasteiger partial charge in [-0.2, -0.15) is 0 Å². The van der Waals surface area contributed by atoms with Gasteiger partial charge >= 0.3 is 5.97 Å². The van der Waals surface area contributed by atoms with Crippen molar-refractivity contribution in [1.82, 2.24) is 9.88 Å². The first kappa shape index (κ1) is 15.4. The number of methoxy groups -OCH3 is 1. The monoisotopic (exact) mass is 326 g/mol. The lowest BCUT2D eigenvalue weighted by Gasteiger charge is -2.35. The van der Waals surface area contributed by atoms with Crippen molar-refractivity contribution in [2.24, 2.45) is 0 Å². The van der Waals surface area contributed by atoms with Gasteiger partial charge in [0.25, 0.3) is 0 Å². The molecule has 1 aromatic heterocycles. The average Bonchev–Trinajstić information content (AvgIpc) is 2.82. The van der Waals surface area contributed by atoms with Crippen molar-refractivity contribution in [3.8, 4) is 5.88 Å². The van der Waals surface area contributed by atoms with E-state index in [0.717, 1.165) is 23.7 Å². The lowest BCUT2D eigenvalue weighted by molar-refractivity contribution is -0.000299. The van der Waals surface area contributed by atoms with E-state index in [1.807, 2.05) is 24.3 Å². The molecule has 2 aliphatic rings. The van der Waals surface area contributed by atoms with Gasteiger partial charge in [0.05, 0.1) is 18.2 Å². The van der Waals surface area contributed by atoms with E-state index in [0.29, 0.717) is 23.5 Å². The van der Waals surface area contributed by atoms with Crippen LogP contribution in [0.25, 0.3) is 10.9 Å². The standard InChI is InChI=1S/C19H22N2O3/c1-21-12-7-8-13(21)10-14(9-12)24-19(22)16-11-18(23-2)20-17-6-4-3-5-15(16)17/h3-6,11-14H,7-10H2,1-2H3/t12-,13+,14?. The number of carbonyl (C=O) groups excluding carboxylic acids is 1. The van der Waals surface area contributed by atoms with Crippen LogP contribution in [0, 0.1) is 0 Å². The number of para-hydroxylation sites is 1. The van der Waals surface area contributed by atoms with Gasteiger partial charge in [-0.3, -0.25) is 0 Å². The van der Waals surface area contributed by atoms with Crippen LogP contribution < -0.4 is 4.74 Å². The molecule has 2 aliphatic heterocycles. The summed E-state index contributed by atoms with van der Waals surface area (Å²) < 4.78 is 11.1. The maximum Gasteiger partial charge on any atom is 0.339 e. The Kier molecular flexibility index (Phi) is 3.88. The number of esters is 1. The molecule has 0 amide bonds. The molecule has 126 valence electrons. The first-order valence-corrected chi connectivity index (χ1v) is 8.52. The highest BCUT2D eigenvalue weighted by Crippen LogP contribution is 2.36. The van der Waals surface area contributed by atoms with Crippen molar-refractivity contribution >= 4 is 16.9 Å². The van der Waals surface area contributed by atoms with Crippen molar-refractivity contribution in [2.75, 3.05) is 14.2 Å². The number of rotatable bonds is 3. The second-order valence-corrected chi connectivity index (χ2v) is 6.78.